The van der Waals surface area contributed by atoms with Crippen LogP contribution in [0.3, 0.4) is 0 Å². The summed E-state index contributed by atoms with van der Waals surface area (Å²) in [6.07, 6.45) is 5.02. The molecule has 16 heavy (non-hydrogen) atoms. The molecule has 0 aromatic carbocycles. The molecular formula is C10H13N5O. The van der Waals surface area contributed by atoms with E-state index >= 15 is 0 Å². The number of hydrogen-bond acceptors (Lipinski definition) is 3. The minimum Gasteiger partial charge on any atom is -0.337 e. The second-order valence-electron chi connectivity index (χ2n) is 3.68. The summed E-state index contributed by atoms with van der Waals surface area (Å²) >= 11 is 0. The van der Waals surface area contributed by atoms with Gasteiger partial charge < -0.3 is 4.90 Å². The molecule has 0 bridgehead atoms. The molecule has 1 amide bonds. The Hall–Kier alpha value is -2.11. The lowest BCUT2D eigenvalue weighted by Crippen LogP contribution is -2.26. The van der Waals surface area contributed by atoms with E-state index < -0.39 is 0 Å². The Bertz CT molecular complexity index is 473. The highest BCUT2D eigenvalue weighted by Crippen LogP contribution is 2.08. The van der Waals surface area contributed by atoms with Crippen molar-refractivity contribution in [1.82, 2.24) is 25.3 Å². The maximum atomic E-state index is 12.0. The van der Waals surface area contributed by atoms with E-state index in [4.69, 9.17) is 0 Å². The number of aromatic amines is 2. The first-order valence-corrected chi connectivity index (χ1v) is 4.91. The number of aromatic nitrogens is 4. The first-order valence-electron chi connectivity index (χ1n) is 4.91. The van der Waals surface area contributed by atoms with Crippen LogP contribution < -0.4 is 0 Å². The van der Waals surface area contributed by atoms with E-state index in [-0.39, 0.29) is 5.91 Å². The van der Waals surface area contributed by atoms with Gasteiger partial charge in [-0.2, -0.15) is 10.2 Å². The third-order valence-electron chi connectivity index (χ3n) is 2.38. The first-order chi connectivity index (χ1) is 7.68. The number of amides is 1. The molecule has 0 spiro atoms. The Balaban J connectivity index is 2.08. The summed E-state index contributed by atoms with van der Waals surface area (Å²) in [6, 6.07) is 0. The quantitative estimate of drug-likeness (QED) is 0.798. The summed E-state index contributed by atoms with van der Waals surface area (Å²) in [5.41, 5.74) is 2.35. The number of hydrogen-bond donors (Lipinski definition) is 2. The normalized spacial score (nSPS) is 10.4. The van der Waals surface area contributed by atoms with E-state index in [1.165, 1.54) is 0 Å². The van der Waals surface area contributed by atoms with Gasteiger partial charge in [-0.15, -0.1) is 0 Å². The van der Waals surface area contributed by atoms with Gasteiger partial charge >= 0.3 is 0 Å². The first kappa shape index (κ1) is 10.4. The summed E-state index contributed by atoms with van der Waals surface area (Å²) < 4.78 is 0. The van der Waals surface area contributed by atoms with Crippen LogP contribution in [0.25, 0.3) is 0 Å². The molecule has 0 atom stereocenters. The van der Waals surface area contributed by atoms with E-state index in [2.05, 4.69) is 20.4 Å². The van der Waals surface area contributed by atoms with Crippen molar-refractivity contribution in [3.63, 3.8) is 0 Å². The molecule has 2 aromatic rings. The van der Waals surface area contributed by atoms with Gasteiger partial charge in [-0.3, -0.25) is 15.0 Å². The van der Waals surface area contributed by atoms with Gasteiger partial charge in [0.15, 0.2) is 0 Å². The lowest BCUT2D eigenvalue weighted by atomic mass is 10.2. The Morgan fingerprint density at radius 2 is 2.25 bits per heavy atom. The van der Waals surface area contributed by atoms with Crippen LogP contribution in [0.1, 0.15) is 21.6 Å². The SMILES string of the molecule is Cc1[nH]ncc1C(=O)N(C)Cc1cn[nH]c1. The minimum atomic E-state index is -0.0487. The highest BCUT2D eigenvalue weighted by atomic mass is 16.2. The van der Waals surface area contributed by atoms with Crippen molar-refractivity contribution in [1.29, 1.82) is 0 Å². The molecule has 0 radical (unpaired) electrons. The number of nitrogens with zero attached hydrogens (tertiary/aromatic N) is 3. The lowest BCUT2D eigenvalue weighted by molar-refractivity contribution is 0.0784. The number of rotatable bonds is 3. The summed E-state index contributed by atoms with van der Waals surface area (Å²) in [7, 11) is 1.75. The number of nitrogens with one attached hydrogen (secondary N) is 2. The van der Waals surface area contributed by atoms with Gasteiger partial charge in [0, 0.05) is 31.0 Å². The van der Waals surface area contributed by atoms with Crippen molar-refractivity contribution in [2.45, 2.75) is 13.5 Å². The fraction of sp³-hybridized carbons (Fsp3) is 0.300. The largest absolute Gasteiger partial charge is 0.337 e. The standard InChI is InChI=1S/C10H13N5O/c1-7-9(5-13-14-7)10(16)15(2)6-8-3-11-12-4-8/h3-5H,6H2,1-2H3,(H,11,12)(H,13,14). The van der Waals surface area contributed by atoms with Crippen LogP contribution >= 0.6 is 0 Å². The van der Waals surface area contributed by atoms with Gasteiger partial charge in [0.05, 0.1) is 18.0 Å². The molecule has 2 N–H and O–H groups in total. The fourth-order valence-electron chi connectivity index (χ4n) is 1.48. The van der Waals surface area contributed by atoms with Crippen LogP contribution in [0.15, 0.2) is 18.6 Å². The predicted molar refractivity (Wildman–Crippen MR) is 57.7 cm³/mol. The van der Waals surface area contributed by atoms with Gasteiger partial charge in [0.1, 0.15) is 0 Å². The Kier molecular flexibility index (Phi) is 2.72. The second kappa shape index (κ2) is 4.18. The fourth-order valence-corrected chi connectivity index (χ4v) is 1.48. The van der Waals surface area contributed by atoms with Crippen molar-refractivity contribution < 1.29 is 4.79 Å². The molecule has 84 valence electrons. The molecule has 2 rings (SSSR count). The molecule has 0 unspecified atom stereocenters. The third-order valence-corrected chi connectivity index (χ3v) is 2.38. The Morgan fingerprint density at radius 1 is 1.44 bits per heavy atom. The molecule has 6 heteroatoms. The highest BCUT2D eigenvalue weighted by Gasteiger charge is 2.15. The molecule has 0 saturated heterocycles. The monoisotopic (exact) mass is 219 g/mol. The molecule has 0 aliphatic heterocycles. The number of aryl methyl sites for hydroxylation is 1. The molecule has 0 aliphatic rings. The molecular weight excluding hydrogens is 206 g/mol. The van der Waals surface area contributed by atoms with E-state index in [0.29, 0.717) is 12.1 Å². The van der Waals surface area contributed by atoms with Crippen molar-refractivity contribution in [2.24, 2.45) is 0 Å². The van der Waals surface area contributed by atoms with Gasteiger partial charge in [-0.1, -0.05) is 0 Å². The predicted octanol–water partition coefficient (Wildman–Crippen LogP) is 0.713. The van der Waals surface area contributed by atoms with Gasteiger partial charge in [-0.05, 0) is 6.92 Å². The maximum Gasteiger partial charge on any atom is 0.257 e. The Labute approximate surface area is 92.7 Å². The van der Waals surface area contributed by atoms with Gasteiger partial charge in [0.2, 0.25) is 0 Å². The van der Waals surface area contributed by atoms with Gasteiger partial charge in [-0.25, -0.2) is 0 Å². The zero-order valence-corrected chi connectivity index (χ0v) is 9.19. The van der Waals surface area contributed by atoms with Gasteiger partial charge in [0.25, 0.3) is 5.91 Å². The maximum absolute atomic E-state index is 12.0. The van der Waals surface area contributed by atoms with Crippen molar-refractivity contribution >= 4 is 5.91 Å². The molecule has 0 fully saturated rings. The molecule has 0 aliphatic carbocycles. The second-order valence-corrected chi connectivity index (χ2v) is 3.68. The highest BCUT2D eigenvalue weighted by molar-refractivity contribution is 5.94. The van der Waals surface area contributed by atoms with Crippen LogP contribution in [-0.4, -0.2) is 38.2 Å². The number of carbonyl (C=O) groups excluding carboxylic acids is 1. The lowest BCUT2D eigenvalue weighted by Gasteiger charge is -2.15. The van der Waals surface area contributed by atoms with Crippen molar-refractivity contribution in [2.75, 3.05) is 7.05 Å². The van der Waals surface area contributed by atoms with Crippen molar-refractivity contribution in [3.05, 3.63) is 35.4 Å². The van der Waals surface area contributed by atoms with Crippen LogP contribution in [0.4, 0.5) is 0 Å². The zero-order chi connectivity index (χ0) is 11.5. The van der Waals surface area contributed by atoms with Crippen LogP contribution in [0.5, 0.6) is 0 Å². The average molecular weight is 219 g/mol. The number of carbonyl (C=O) groups is 1. The minimum absolute atomic E-state index is 0.0487. The molecule has 6 nitrogen and oxygen atoms in total. The van der Waals surface area contributed by atoms with Crippen LogP contribution in [0.2, 0.25) is 0 Å². The van der Waals surface area contributed by atoms with E-state index in [1.807, 2.05) is 6.92 Å². The van der Waals surface area contributed by atoms with Crippen molar-refractivity contribution in [3.8, 4) is 0 Å². The summed E-state index contributed by atoms with van der Waals surface area (Å²) in [4.78, 5) is 13.6. The van der Waals surface area contributed by atoms with E-state index in [1.54, 1.807) is 30.5 Å². The smallest absolute Gasteiger partial charge is 0.257 e. The summed E-state index contributed by atoms with van der Waals surface area (Å²) in [5, 5.41) is 13.1. The number of H-pyrrole nitrogens is 2. The topological polar surface area (TPSA) is 77.7 Å². The molecule has 2 heterocycles. The summed E-state index contributed by atoms with van der Waals surface area (Å²) in [5.74, 6) is -0.0487. The third kappa shape index (κ3) is 1.95. The van der Waals surface area contributed by atoms with Crippen LogP contribution in [0, 0.1) is 6.92 Å². The van der Waals surface area contributed by atoms with E-state index in [0.717, 1.165) is 11.3 Å². The molecule has 0 saturated carbocycles. The Morgan fingerprint density at radius 3 is 2.81 bits per heavy atom. The summed E-state index contributed by atoms with van der Waals surface area (Å²) in [6.45, 7) is 2.35. The van der Waals surface area contributed by atoms with Crippen LogP contribution in [-0.2, 0) is 6.54 Å². The zero-order valence-electron chi connectivity index (χ0n) is 9.19. The average Bonchev–Trinajstić information content (AvgIpc) is 2.88. The molecule has 2 aromatic heterocycles. The van der Waals surface area contributed by atoms with E-state index in [9.17, 15) is 4.79 Å².